The van der Waals surface area contributed by atoms with Crippen LogP contribution in [0.2, 0.25) is 0 Å². The zero-order valence-electron chi connectivity index (χ0n) is 12.0. The van der Waals surface area contributed by atoms with Gasteiger partial charge in [0, 0.05) is 18.8 Å². The van der Waals surface area contributed by atoms with E-state index in [4.69, 9.17) is 9.84 Å². The van der Waals surface area contributed by atoms with Crippen molar-refractivity contribution in [2.45, 2.75) is 25.9 Å². The zero-order valence-corrected chi connectivity index (χ0v) is 12.0. The maximum atomic E-state index is 12.2. The van der Waals surface area contributed by atoms with Crippen LogP contribution in [0.25, 0.3) is 0 Å². The second-order valence-corrected chi connectivity index (χ2v) is 5.04. The smallest absolute Gasteiger partial charge is 0.322 e. The second kappa shape index (κ2) is 7.08. The van der Waals surface area contributed by atoms with Crippen LogP contribution in [0.15, 0.2) is 24.3 Å². The van der Waals surface area contributed by atoms with Gasteiger partial charge in [0.15, 0.2) is 0 Å². The average molecular weight is 292 g/mol. The molecular formula is C15H20N2O4. The summed E-state index contributed by atoms with van der Waals surface area (Å²) < 4.78 is 5.53. The van der Waals surface area contributed by atoms with Crippen LogP contribution >= 0.6 is 0 Å². The van der Waals surface area contributed by atoms with E-state index in [-0.39, 0.29) is 18.6 Å². The number of carbonyl (C=O) groups excluding carboxylic acids is 1. The van der Waals surface area contributed by atoms with Crippen LogP contribution in [0.4, 0.5) is 10.5 Å². The van der Waals surface area contributed by atoms with Crippen LogP contribution in [-0.2, 0) is 16.0 Å². The number of ether oxygens (including phenoxy) is 1. The molecule has 0 spiro atoms. The largest absolute Gasteiger partial charge is 0.481 e. The Labute approximate surface area is 123 Å². The first-order chi connectivity index (χ1) is 10.1. The van der Waals surface area contributed by atoms with Crippen LogP contribution in [0, 0.1) is 0 Å². The van der Waals surface area contributed by atoms with Crippen LogP contribution in [0.1, 0.15) is 18.9 Å². The number of hydrogen-bond donors (Lipinski definition) is 2. The molecule has 1 heterocycles. The van der Waals surface area contributed by atoms with Crippen LogP contribution < -0.4 is 5.32 Å². The highest BCUT2D eigenvalue weighted by Crippen LogP contribution is 2.13. The lowest BCUT2D eigenvalue weighted by Crippen LogP contribution is -2.47. The Hall–Kier alpha value is -2.08. The lowest BCUT2D eigenvalue weighted by atomic mass is 10.1. The van der Waals surface area contributed by atoms with E-state index in [9.17, 15) is 9.59 Å². The molecule has 1 saturated heterocycles. The summed E-state index contributed by atoms with van der Waals surface area (Å²) >= 11 is 0. The lowest BCUT2D eigenvalue weighted by molar-refractivity contribution is -0.136. The van der Waals surface area contributed by atoms with Gasteiger partial charge in [-0.1, -0.05) is 19.1 Å². The first-order valence-corrected chi connectivity index (χ1v) is 7.06. The summed E-state index contributed by atoms with van der Waals surface area (Å²) in [6.07, 6.45) is 0.964. The minimum Gasteiger partial charge on any atom is -0.481 e. The molecule has 0 bridgehead atoms. The van der Waals surface area contributed by atoms with Crippen LogP contribution in [-0.4, -0.2) is 47.8 Å². The molecule has 1 aliphatic heterocycles. The van der Waals surface area contributed by atoms with Gasteiger partial charge in [-0.3, -0.25) is 4.79 Å². The van der Waals surface area contributed by atoms with Crippen molar-refractivity contribution >= 4 is 17.7 Å². The molecule has 6 nitrogen and oxygen atoms in total. The number of anilines is 1. The Morgan fingerprint density at radius 1 is 1.38 bits per heavy atom. The maximum absolute atomic E-state index is 12.2. The van der Waals surface area contributed by atoms with E-state index < -0.39 is 5.97 Å². The molecule has 0 aliphatic carbocycles. The SMILES string of the molecule is CCC1CN(C(=O)Nc2ccc(CC(=O)O)cc2)CCO1. The monoisotopic (exact) mass is 292 g/mol. The van der Waals surface area contributed by atoms with Crippen LogP contribution in [0.3, 0.4) is 0 Å². The van der Waals surface area contributed by atoms with E-state index in [1.54, 1.807) is 29.2 Å². The summed E-state index contributed by atoms with van der Waals surface area (Å²) in [5.74, 6) is -0.870. The normalized spacial score (nSPS) is 18.3. The molecule has 6 heteroatoms. The quantitative estimate of drug-likeness (QED) is 0.889. The third-order valence-electron chi connectivity index (χ3n) is 3.44. The lowest BCUT2D eigenvalue weighted by Gasteiger charge is -2.32. The summed E-state index contributed by atoms with van der Waals surface area (Å²) in [6.45, 7) is 3.77. The third kappa shape index (κ3) is 4.46. The van der Waals surface area contributed by atoms with E-state index in [2.05, 4.69) is 5.32 Å². The number of carboxylic acid groups (broad SMARTS) is 1. The second-order valence-electron chi connectivity index (χ2n) is 5.04. The van der Waals surface area contributed by atoms with Crippen molar-refractivity contribution in [3.63, 3.8) is 0 Å². The maximum Gasteiger partial charge on any atom is 0.322 e. The van der Waals surface area contributed by atoms with Gasteiger partial charge in [-0.2, -0.15) is 0 Å². The number of hydrogen-bond acceptors (Lipinski definition) is 3. The molecule has 2 amide bonds. The summed E-state index contributed by atoms with van der Waals surface area (Å²) in [5.41, 5.74) is 1.37. The molecule has 1 atom stereocenters. The molecule has 0 saturated carbocycles. The first kappa shape index (κ1) is 15.3. The molecule has 0 radical (unpaired) electrons. The van der Waals surface area contributed by atoms with E-state index >= 15 is 0 Å². The summed E-state index contributed by atoms with van der Waals surface area (Å²) in [7, 11) is 0. The average Bonchev–Trinajstić information content (AvgIpc) is 2.49. The van der Waals surface area contributed by atoms with Gasteiger partial charge in [0.05, 0.1) is 19.1 Å². The molecule has 1 aromatic rings. The van der Waals surface area contributed by atoms with Crippen molar-refractivity contribution < 1.29 is 19.4 Å². The molecule has 1 unspecified atom stereocenters. The molecule has 1 aliphatic rings. The van der Waals surface area contributed by atoms with Crippen molar-refractivity contribution in [2.75, 3.05) is 25.0 Å². The number of nitrogens with one attached hydrogen (secondary N) is 1. The Morgan fingerprint density at radius 2 is 2.10 bits per heavy atom. The summed E-state index contributed by atoms with van der Waals surface area (Å²) in [4.78, 5) is 24.5. The van der Waals surface area contributed by atoms with Gasteiger partial charge in [-0.05, 0) is 24.1 Å². The Bertz CT molecular complexity index is 501. The number of urea groups is 1. The Balaban J connectivity index is 1.91. The van der Waals surface area contributed by atoms with Crippen molar-refractivity contribution in [1.29, 1.82) is 0 Å². The fourth-order valence-electron chi connectivity index (χ4n) is 2.23. The highest BCUT2D eigenvalue weighted by atomic mass is 16.5. The number of carbonyl (C=O) groups is 2. The number of aliphatic carboxylic acids is 1. The number of nitrogens with zero attached hydrogens (tertiary/aromatic N) is 1. The van der Waals surface area contributed by atoms with E-state index in [1.165, 1.54) is 0 Å². The fourth-order valence-corrected chi connectivity index (χ4v) is 2.23. The molecule has 2 rings (SSSR count). The van der Waals surface area contributed by atoms with Crippen molar-refractivity contribution in [2.24, 2.45) is 0 Å². The van der Waals surface area contributed by atoms with E-state index in [0.717, 1.165) is 6.42 Å². The highest BCUT2D eigenvalue weighted by Gasteiger charge is 2.22. The topological polar surface area (TPSA) is 78.9 Å². The zero-order chi connectivity index (χ0) is 15.2. The fraction of sp³-hybridized carbons (Fsp3) is 0.467. The van der Waals surface area contributed by atoms with Crippen molar-refractivity contribution in [3.05, 3.63) is 29.8 Å². The molecule has 1 fully saturated rings. The third-order valence-corrected chi connectivity index (χ3v) is 3.44. The highest BCUT2D eigenvalue weighted by molar-refractivity contribution is 5.89. The first-order valence-electron chi connectivity index (χ1n) is 7.06. The van der Waals surface area contributed by atoms with Gasteiger partial charge in [0.2, 0.25) is 0 Å². The molecule has 0 aromatic heterocycles. The summed E-state index contributed by atoms with van der Waals surface area (Å²) in [5, 5.41) is 11.5. The standard InChI is InChI=1S/C15H20N2O4/c1-2-13-10-17(7-8-21-13)15(20)16-12-5-3-11(4-6-12)9-14(18)19/h3-6,13H,2,7-10H2,1H3,(H,16,20)(H,18,19). The number of morpholine rings is 1. The van der Waals surface area contributed by atoms with Gasteiger partial charge in [-0.15, -0.1) is 0 Å². The minimum absolute atomic E-state index is 0.0180. The van der Waals surface area contributed by atoms with E-state index in [0.29, 0.717) is 30.9 Å². The van der Waals surface area contributed by atoms with Gasteiger partial charge in [-0.25, -0.2) is 4.79 Å². The summed E-state index contributed by atoms with van der Waals surface area (Å²) in [6, 6.07) is 6.69. The predicted molar refractivity (Wildman–Crippen MR) is 78.4 cm³/mol. The minimum atomic E-state index is -0.870. The van der Waals surface area contributed by atoms with Crippen LogP contribution in [0.5, 0.6) is 0 Å². The predicted octanol–water partition coefficient (Wildman–Crippen LogP) is 1.96. The molecule has 2 N–H and O–H groups in total. The molecular weight excluding hydrogens is 272 g/mol. The number of amides is 2. The van der Waals surface area contributed by atoms with Crippen molar-refractivity contribution in [1.82, 2.24) is 4.90 Å². The van der Waals surface area contributed by atoms with Gasteiger partial charge in [0.1, 0.15) is 0 Å². The van der Waals surface area contributed by atoms with Gasteiger partial charge < -0.3 is 20.1 Å². The van der Waals surface area contributed by atoms with Gasteiger partial charge in [0.25, 0.3) is 0 Å². The molecule has 21 heavy (non-hydrogen) atoms. The Kier molecular flexibility index (Phi) is 5.16. The number of carboxylic acids is 1. The van der Waals surface area contributed by atoms with Gasteiger partial charge >= 0.3 is 12.0 Å². The van der Waals surface area contributed by atoms with E-state index in [1.807, 2.05) is 6.92 Å². The van der Waals surface area contributed by atoms with Crippen molar-refractivity contribution in [3.8, 4) is 0 Å². The number of benzene rings is 1. The molecule has 1 aromatic carbocycles. The molecule has 114 valence electrons. The number of rotatable bonds is 4. The Morgan fingerprint density at radius 3 is 2.71 bits per heavy atom.